The zero-order chi connectivity index (χ0) is 18.0. The van der Waals surface area contributed by atoms with Crippen molar-refractivity contribution in [1.82, 2.24) is 10.6 Å². The topological polar surface area (TPSA) is 91.7 Å². The van der Waals surface area contributed by atoms with Crippen molar-refractivity contribution in [2.24, 2.45) is 0 Å². The number of para-hydroxylation sites is 1. The van der Waals surface area contributed by atoms with Gasteiger partial charge in [0.2, 0.25) is 0 Å². The van der Waals surface area contributed by atoms with Gasteiger partial charge in [0.05, 0.1) is 12.8 Å². The number of rotatable bonds is 4. The van der Waals surface area contributed by atoms with Crippen LogP contribution < -0.4 is 15.5 Å². The molecule has 1 aliphatic rings. The van der Waals surface area contributed by atoms with Gasteiger partial charge in [-0.1, -0.05) is 18.2 Å². The second-order valence-corrected chi connectivity index (χ2v) is 6.03. The van der Waals surface area contributed by atoms with E-state index in [4.69, 9.17) is 4.42 Å². The van der Waals surface area contributed by atoms with E-state index in [1.165, 1.54) is 6.26 Å². The van der Waals surface area contributed by atoms with E-state index in [9.17, 15) is 14.4 Å². The van der Waals surface area contributed by atoms with E-state index in [-0.39, 0.29) is 18.5 Å². The summed E-state index contributed by atoms with van der Waals surface area (Å²) in [4.78, 5) is 38.4. The SMILES string of the molecule is CC(C)N1C(=O)C(NC(=O)C(=O)NCc2ccco2)c2ccccc21. The van der Waals surface area contributed by atoms with Crippen LogP contribution in [-0.2, 0) is 20.9 Å². The van der Waals surface area contributed by atoms with Crippen LogP contribution in [0.15, 0.2) is 47.1 Å². The van der Waals surface area contributed by atoms with Crippen LogP contribution in [0, 0.1) is 0 Å². The predicted molar refractivity (Wildman–Crippen MR) is 90.5 cm³/mol. The highest BCUT2D eigenvalue weighted by atomic mass is 16.3. The first-order chi connectivity index (χ1) is 12.0. The van der Waals surface area contributed by atoms with Gasteiger partial charge in [-0.05, 0) is 32.0 Å². The summed E-state index contributed by atoms with van der Waals surface area (Å²) in [6.07, 6.45) is 1.48. The fraction of sp³-hybridized carbons (Fsp3) is 0.278. The van der Waals surface area contributed by atoms with Crippen LogP contribution in [-0.4, -0.2) is 23.8 Å². The summed E-state index contributed by atoms with van der Waals surface area (Å²) in [7, 11) is 0. The van der Waals surface area contributed by atoms with Gasteiger partial charge in [0.25, 0.3) is 5.91 Å². The molecule has 0 spiro atoms. The van der Waals surface area contributed by atoms with Gasteiger partial charge in [0.1, 0.15) is 11.8 Å². The van der Waals surface area contributed by atoms with Crippen LogP contribution in [0.5, 0.6) is 0 Å². The molecule has 0 bridgehead atoms. The molecule has 1 unspecified atom stereocenters. The highest BCUT2D eigenvalue weighted by molar-refractivity contribution is 6.35. The minimum atomic E-state index is -0.861. The Bertz CT molecular complexity index is 798. The molecule has 7 heteroatoms. The second-order valence-electron chi connectivity index (χ2n) is 6.03. The molecular formula is C18H19N3O4. The third-order valence-corrected chi connectivity index (χ3v) is 3.99. The van der Waals surface area contributed by atoms with E-state index in [1.54, 1.807) is 29.2 Å². The van der Waals surface area contributed by atoms with Gasteiger partial charge in [-0.3, -0.25) is 14.4 Å². The standard InChI is InChI=1S/C18H19N3O4/c1-11(2)21-14-8-4-3-7-13(14)15(18(21)24)20-17(23)16(22)19-10-12-6-5-9-25-12/h3-9,11,15H,10H2,1-2H3,(H,19,22)(H,20,23). The highest BCUT2D eigenvalue weighted by Gasteiger charge is 2.39. The smallest absolute Gasteiger partial charge is 0.310 e. The van der Waals surface area contributed by atoms with Crippen molar-refractivity contribution in [1.29, 1.82) is 0 Å². The molecule has 2 aromatic rings. The summed E-state index contributed by atoms with van der Waals surface area (Å²) in [6.45, 7) is 3.90. The summed E-state index contributed by atoms with van der Waals surface area (Å²) in [5, 5.41) is 4.99. The number of hydrogen-bond acceptors (Lipinski definition) is 4. The second kappa shape index (κ2) is 6.80. The number of anilines is 1. The van der Waals surface area contributed by atoms with Crippen LogP contribution in [0.1, 0.15) is 31.2 Å². The Morgan fingerprint density at radius 3 is 2.60 bits per heavy atom. The third kappa shape index (κ3) is 3.26. The predicted octanol–water partition coefficient (Wildman–Crippen LogP) is 1.51. The van der Waals surface area contributed by atoms with Crippen molar-refractivity contribution in [2.75, 3.05) is 4.90 Å². The van der Waals surface area contributed by atoms with Gasteiger partial charge in [-0.2, -0.15) is 0 Å². The molecule has 3 amide bonds. The van der Waals surface area contributed by atoms with E-state index in [1.807, 2.05) is 26.0 Å². The summed E-state index contributed by atoms with van der Waals surface area (Å²) in [5.74, 6) is -1.38. The maximum Gasteiger partial charge on any atom is 0.310 e. The third-order valence-electron chi connectivity index (χ3n) is 3.99. The quantitative estimate of drug-likeness (QED) is 0.825. The van der Waals surface area contributed by atoms with E-state index >= 15 is 0 Å². The Morgan fingerprint density at radius 2 is 1.92 bits per heavy atom. The number of furan rings is 1. The van der Waals surface area contributed by atoms with Crippen LogP contribution in [0.25, 0.3) is 0 Å². The molecule has 1 aliphatic heterocycles. The van der Waals surface area contributed by atoms with Crippen molar-refractivity contribution in [3.63, 3.8) is 0 Å². The van der Waals surface area contributed by atoms with E-state index < -0.39 is 17.9 Å². The lowest BCUT2D eigenvalue weighted by Gasteiger charge is -2.22. The van der Waals surface area contributed by atoms with Gasteiger partial charge >= 0.3 is 11.8 Å². The van der Waals surface area contributed by atoms with Gasteiger partial charge in [-0.25, -0.2) is 0 Å². The van der Waals surface area contributed by atoms with Crippen molar-refractivity contribution < 1.29 is 18.8 Å². The molecule has 1 aromatic heterocycles. The van der Waals surface area contributed by atoms with Crippen molar-refractivity contribution in [3.8, 4) is 0 Å². The molecule has 25 heavy (non-hydrogen) atoms. The number of carbonyl (C=O) groups is 3. The largest absolute Gasteiger partial charge is 0.467 e. The first-order valence-electron chi connectivity index (χ1n) is 8.02. The van der Waals surface area contributed by atoms with Gasteiger partial charge in [0.15, 0.2) is 0 Å². The van der Waals surface area contributed by atoms with Crippen LogP contribution in [0.3, 0.4) is 0 Å². The van der Waals surface area contributed by atoms with Gasteiger partial charge in [-0.15, -0.1) is 0 Å². The molecule has 0 fully saturated rings. The Kier molecular flexibility index (Phi) is 4.56. The molecule has 3 rings (SSSR count). The zero-order valence-corrected chi connectivity index (χ0v) is 14.0. The molecular weight excluding hydrogens is 322 g/mol. The Morgan fingerprint density at radius 1 is 1.16 bits per heavy atom. The normalized spacial score (nSPS) is 16.0. The lowest BCUT2D eigenvalue weighted by Crippen LogP contribution is -2.45. The van der Waals surface area contributed by atoms with Crippen LogP contribution >= 0.6 is 0 Å². The summed E-state index contributed by atoms with van der Waals surface area (Å²) < 4.78 is 5.09. The van der Waals surface area contributed by atoms with E-state index in [0.717, 1.165) is 5.69 Å². The van der Waals surface area contributed by atoms with Crippen molar-refractivity contribution in [2.45, 2.75) is 32.5 Å². The number of benzene rings is 1. The molecule has 130 valence electrons. The maximum atomic E-state index is 12.7. The maximum absolute atomic E-state index is 12.7. The zero-order valence-electron chi connectivity index (χ0n) is 14.0. The minimum Gasteiger partial charge on any atom is -0.467 e. The number of nitrogens with zero attached hydrogens (tertiary/aromatic N) is 1. The lowest BCUT2D eigenvalue weighted by atomic mass is 10.1. The van der Waals surface area contributed by atoms with Crippen molar-refractivity contribution in [3.05, 3.63) is 54.0 Å². The molecule has 0 radical (unpaired) electrons. The molecule has 0 saturated carbocycles. The minimum absolute atomic E-state index is 0.0525. The fourth-order valence-electron chi connectivity index (χ4n) is 2.87. The first kappa shape index (κ1) is 16.8. The molecule has 1 aromatic carbocycles. The van der Waals surface area contributed by atoms with E-state index in [0.29, 0.717) is 11.3 Å². The number of fused-ring (bicyclic) bond motifs is 1. The number of amides is 3. The van der Waals surface area contributed by atoms with Gasteiger partial charge < -0.3 is 20.0 Å². The fourth-order valence-corrected chi connectivity index (χ4v) is 2.87. The van der Waals surface area contributed by atoms with Gasteiger partial charge in [0, 0.05) is 17.3 Å². The van der Waals surface area contributed by atoms with Crippen LogP contribution in [0.2, 0.25) is 0 Å². The Hall–Kier alpha value is -3.09. The summed E-state index contributed by atoms with van der Waals surface area (Å²) in [6, 6.07) is 9.71. The first-order valence-corrected chi connectivity index (χ1v) is 8.02. The highest BCUT2D eigenvalue weighted by Crippen LogP contribution is 2.36. The average Bonchev–Trinajstić information content (AvgIpc) is 3.19. The lowest BCUT2D eigenvalue weighted by molar-refractivity contribution is -0.140. The molecule has 2 heterocycles. The van der Waals surface area contributed by atoms with Crippen molar-refractivity contribution >= 4 is 23.4 Å². The molecule has 7 nitrogen and oxygen atoms in total. The molecule has 0 saturated heterocycles. The average molecular weight is 341 g/mol. The molecule has 0 aliphatic carbocycles. The molecule has 1 atom stereocenters. The summed E-state index contributed by atoms with van der Waals surface area (Å²) >= 11 is 0. The monoisotopic (exact) mass is 341 g/mol. The summed E-state index contributed by atoms with van der Waals surface area (Å²) in [5.41, 5.74) is 1.44. The molecule has 2 N–H and O–H groups in total. The van der Waals surface area contributed by atoms with E-state index in [2.05, 4.69) is 10.6 Å². The number of hydrogen-bond donors (Lipinski definition) is 2. The Balaban J connectivity index is 1.70. The van der Waals surface area contributed by atoms with Crippen LogP contribution in [0.4, 0.5) is 5.69 Å². The number of nitrogens with one attached hydrogen (secondary N) is 2. The number of carbonyl (C=O) groups excluding carboxylic acids is 3. The Labute approximate surface area is 145 Å².